The molecule has 130 valence electrons. The molecule has 1 spiro atoms. The summed E-state index contributed by atoms with van der Waals surface area (Å²) < 4.78 is 1.16. The minimum atomic E-state index is -0.0939. The van der Waals surface area contributed by atoms with Crippen molar-refractivity contribution in [3.63, 3.8) is 0 Å². The van der Waals surface area contributed by atoms with Crippen molar-refractivity contribution < 1.29 is 9.59 Å². The van der Waals surface area contributed by atoms with E-state index in [4.69, 9.17) is 0 Å². The summed E-state index contributed by atoms with van der Waals surface area (Å²) in [5.74, 6) is -0.0608. The van der Waals surface area contributed by atoms with Crippen molar-refractivity contribution in [2.24, 2.45) is 5.41 Å². The highest BCUT2D eigenvalue weighted by molar-refractivity contribution is 7.17. The van der Waals surface area contributed by atoms with Crippen LogP contribution in [0.2, 0.25) is 0 Å². The Morgan fingerprint density at radius 3 is 2.56 bits per heavy atom. The monoisotopic (exact) mass is 354 g/mol. The SMILES string of the molecule is C=CC(=O)NC1CC2(C1)CC(NC(=O)c1csc3cc(C)ccc13)C2. The first-order chi connectivity index (χ1) is 12.0. The van der Waals surface area contributed by atoms with Gasteiger partial charge in [0.1, 0.15) is 0 Å². The predicted molar refractivity (Wildman–Crippen MR) is 101 cm³/mol. The predicted octanol–water partition coefficient (Wildman–Crippen LogP) is 3.55. The van der Waals surface area contributed by atoms with E-state index in [0.717, 1.165) is 41.3 Å². The normalized spacial score (nSPS) is 27.4. The summed E-state index contributed by atoms with van der Waals surface area (Å²) in [6, 6.07) is 6.74. The maximum Gasteiger partial charge on any atom is 0.252 e. The fraction of sp³-hybridized carbons (Fsp3) is 0.400. The van der Waals surface area contributed by atoms with Crippen molar-refractivity contribution in [2.45, 2.75) is 44.7 Å². The number of hydrogen-bond acceptors (Lipinski definition) is 3. The largest absolute Gasteiger partial charge is 0.350 e. The van der Waals surface area contributed by atoms with Crippen LogP contribution in [0, 0.1) is 12.3 Å². The van der Waals surface area contributed by atoms with Crippen molar-refractivity contribution in [1.29, 1.82) is 0 Å². The van der Waals surface area contributed by atoms with E-state index in [1.807, 2.05) is 11.4 Å². The van der Waals surface area contributed by atoms with Crippen LogP contribution >= 0.6 is 11.3 Å². The highest BCUT2D eigenvalue weighted by Gasteiger charge is 2.53. The average molecular weight is 354 g/mol. The number of carbonyl (C=O) groups is 2. The number of nitrogens with one attached hydrogen (secondary N) is 2. The molecule has 1 heterocycles. The van der Waals surface area contributed by atoms with Gasteiger partial charge in [0, 0.05) is 27.5 Å². The van der Waals surface area contributed by atoms with Crippen molar-refractivity contribution in [2.75, 3.05) is 0 Å². The molecule has 2 amide bonds. The first-order valence-electron chi connectivity index (χ1n) is 8.70. The molecule has 2 aliphatic carbocycles. The summed E-state index contributed by atoms with van der Waals surface area (Å²) in [6.07, 6.45) is 5.38. The van der Waals surface area contributed by atoms with Crippen molar-refractivity contribution >= 4 is 33.2 Å². The number of thiophene rings is 1. The Morgan fingerprint density at radius 1 is 1.20 bits per heavy atom. The van der Waals surface area contributed by atoms with Gasteiger partial charge in [-0.2, -0.15) is 0 Å². The van der Waals surface area contributed by atoms with Gasteiger partial charge >= 0.3 is 0 Å². The van der Waals surface area contributed by atoms with Gasteiger partial charge in [-0.1, -0.05) is 18.7 Å². The van der Waals surface area contributed by atoms with Crippen LogP contribution in [-0.4, -0.2) is 23.9 Å². The zero-order chi connectivity index (χ0) is 17.6. The third-order valence-electron chi connectivity index (χ3n) is 5.56. The van der Waals surface area contributed by atoms with Crippen molar-refractivity contribution in [3.05, 3.63) is 47.4 Å². The van der Waals surface area contributed by atoms with Crippen LogP contribution in [0.5, 0.6) is 0 Å². The number of hydrogen-bond donors (Lipinski definition) is 2. The summed E-state index contributed by atoms with van der Waals surface area (Å²) in [4.78, 5) is 23.9. The van der Waals surface area contributed by atoms with Gasteiger partial charge in [0.25, 0.3) is 5.91 Å². The van der Waals surface area contributed by atoms with Gasteiger partial charge in [-0.3, -0.25) is 9.59 Å². The van der Waals surface area contributed by atoms with Crippen LogP contribution in [0.15, 0.2) is 36.2 Å². The Labute approximate surface area is 151 Å². The number of carbonyl (C=O) groups excluding carboxylic acids is 2. The van der Waals surface area contributed by atoms with Gasteiger partial charge in [0.2, 0.25) is 5.91 Å². The summed E-state index contributed by atoms with van der Waals surface area (Å²) in [6.45, 7) is 5.54. The Balaban J connectivity index is 1.32. The van der Waals surface area contributed by atoms with Crippen molar-refractivity contribution in [3.8, 4) is 0 Å². The van der Waals surface area contributed by atoms with Crippen LogP contribution < -0.4 is 10.6 Å². The molecule has 4 rings (SSSR count). The molecule has 2 saturated carbocycles. The molecule has 2 aliphatic rings. The second kappa shape index (κ2) is 5.99. The Hall–Kier alpha value is -2.14. The lowest BCUT2D eigenvalue weighted by Gasteiger charge is -2.57. The van der Waals surface area contributed by atoms with Gasteiger partial charge in [0.05, 0.1) is 5.56 Å². The van der Waals surface area contributed by atoms with E-state index in [1.54, 1.807) is 11.3 Å². The van der Waals surface area contributed by atoms with E-state index >= 15 is 0 Å². The highest BCUT2D eigenvalue weighted by Crippen LogP contribution is 2.55. The maximum atomic E-state index is 12.6. The number of amides is 2. The molecule has 0 radical (unpaired) electrons. The van der Waals surface area contributed by atoms with E-state index in [1.165, 1.54) is 11.6 Å². The van der Waals surface area contributed by atoms with Gasteiger partial charge in [-0.15, -0.1) is 11.3 Å². The smallest absolute Gasteiger partial charge is 0.252 e. The van der Waals surface area contributed by atoms with Crippen LogP contribution in [-0.2, 0) is 4.79 Å². The highest BCUT2D eigenvalue weighted by atomic mass is 32.1. The number of fused-ring (bicyclic) bond motifs is 1. The van der Waals surface area contributed by atoms with Gasteiger partial charge in [-0.05, 0) is 55.7 Å². The van der Waals surface area contributed by atoms with E-state index < -0.39 is 0 Å². The van der Waals surface area contributed by atoms with Crippen LogP contribution in [0.4, 0.5) is 0 Å². The number of aryl methyl sites for hydroxylation is 1. The molecule has 2 N–H and O–H groups in total. The van der Waals surface area contributed by atoms with Crippen LogP contribution in [0.25, 0.3) is 10.1 Å². The lowest BCUT2D eigenvalue weighted by molar-refractivity contribution is -0.120. The second-order valence-corrected chi connectivity index (χ2v) is 8.46. The van der Waals surface area contributed by atoms with E-state index in [0.29, 0.717) is 5.41 Å². The standard InChI is InChI=1S/C20H22N2O2S/c1-3-18(23)21-13-7-20(8-13)9-14(10-20)22-19(24)16-11-25-17-6-12(2)4-5-15(16)17/h3-6,11,13-14H,1,7-10H2,2H3,(H,21,23)(H,22,24). The summed E-state index contributed by atoms with van der Waals surface area (Å²) in [5, 5.41) is 9.13. The molecular weight excluding hydrogens is 332 g/mol. The van der Waals surface area contributed by atoms with Gasteiger partial charge in [0.15, 0.2) is 0 Å². The lowest BCUT2D eigenvalue weighted by atomic mass is 9.52. The van der Waals surface area contributed by atoms with Gasteiger partial charge < -0.3 is 10.6 Å². The zero-order valence-corrected chi connectivity index (χ0v) is 15.1. The molecule has 5 heteroatoms. The first-order valence-corrected chi connectivity index (χ1v) is 9.58. The molecule has 1 aromatic heterocycles. The lowest BCUT2D eigenvalue weighted by Crippen LogP contribution is -2.61. The third-order valence-corrected chi connectivity index (χ3v) is 6.51. The topological polar surface area (TPSA) is 58.2 Å². The second-order valence-electron chi connectivity index (χ2n) is 7.55. The molecule has 0 bridgehead atoms. The molecule has 25 heavy (non-hydrogen) atoms. The zero-order valence-electron chi connectivity index (χ0n) is 14.3. The van der Waals surface area contributed by atoms with Gasteiger partial charge in [-0.25, -0.2) is 0 Å². The Bertz CT molecular complexity index is 856. The summed E-state index contributed by atoms with van der Waals surface area (Å²) in [5.41, 5.74) is 2.32. The minimum absolute atomic E-state index is 0.0331. The summed E-state index contributed by atoms with van der Waals surface area (Å²) >= 11 is 1.62. The molecule has 2 fully saturated rings. The molecular formula is C20H22N2O2S. The molecule has 4 nitrogen and oxygen atoms in total. The first kappa shape index (κ1) is 16.3. The van der Waals surface area contributed by atoms with E-state index in [9.17, 15) is 9.59 Å². The minimum Gasteiger partial charge on any atom is -0.350 e. The fourth-order valence-corrected chi connectivity index (χ4v) is 5.38. The maximum absolute atomic E-state index is 12.6. The molecule has 1 aromatic carbocycles. The molecule has 2 aromatic rings. The Kier molecular flexibility index (Phi) is 3.91. The van der Waals surface area contributed by atoms with E-state index in [-0.39, 0.29) is 23.9 Å². The summed E-state index contributed by atoms with van der Waals surface area (Å²) in [7, 11) is 0. The number of benzene rings is 1. The quantitative estimate of drug-likeness (QED) is 0.825. The van der Waals surface area contributed by atoms with Crippen LogP contribution in [0.1, 0.15) is 41.6 Å². The third kappa shape index (κ3) is 2.97. The Morgan fingerprint density at radius 2 is 1.88 bits per heavy atom. The van der Waals surface area contributed by atoms with Crippen LogP contribution in [0.3, 0.4) is 0 Å². The fourth-order valence-electron chi connectivity index (χ4n) is 4.34. The molecule has 0 aliphatic heterocycles. The van der Waals surface area contributed by atoms with Crippen molar-refractivity contribution in [1.82, 2.24) is 10.6 Å². The molecule has 0 atom stereocenters. The number of rotatable bonds is 4. The molecule has 0 saturated heterocycles. The molecule has 0 unspecified atom stereocenters. The average Bonchev–Trinajstić information content (AvgIpc) is 2.93. The van der Waals surface area contributed by atoms with E-state index in [2.05, 4.69) is 36.3 Å².